The molecule has 1 aromatic rings. The summed E-state index contributed by atoms with van der Waals surface area (Å²) in [7, 11) is 1.74. The zero-order valence-electron chi connectivity index (χ0n) is 6.92. The third-order valence-electron chi connectivity index (χ3n) is 2.40. The van der Waals surface area contributed by atoms with E-state index in [0.717, 1.165) is 5.75 Å². The largest absolute Gasteiger partial charge is 0.496 e. The van der Waals surface area contributed by atoms with E-state index >= 15 is 0 Å². The second-order valence-electron chi connectivity index (χ2n) is 3.14. The van der Waals surface area contributed by atoms with Crippen molar-refractivity contribution in [1.29, 1.82) is 0 Å². The Morgan fingerprint density at radius 2 is 2.27 bits per heavy atom. The minimum absolute atomic E-state index is 0.696. The van der Waals surface area contributed by atoms with E-state index in [1.54, 1.807) is 7.11 Å². The zero-order chi connectivity index (χ0) is 7.84. The molecule has 58 valence electrons. The zero-order valence-corrected chi connectivity index (χ0v) is 6.92. The van der Waals surface area contributed by atoms with E-state index in [9.17, 15) is 0 Å². The van der Waals surface area contributed by atoms with E-state index < -0.39 is 0 Å². The Morgan fingerprint density at radius 3 is 2.82 bits per heavy atom. The molecule has 1 unspecified atom stereocenters. The Balaban J connectivity index is 2.50. The fourth-order valence-electron chi connectivity index (χ4n) is 1.81. The van der Waals surface area contributed by atoms with E-state index in [2.05, 4.69) is 19.1 Å². The Bertz CT molecular complexity index is 278. The Morgan fingerprint density at radius 1 is 1.45 bits per heavy atom. The summed E-state index contributed by atoms with van der Waals surface area (Å²) in [5.41, 5.74) is 2.87. The Labute approximate surface area is 67.0 Å². The van der Waals surface area contributed by atoms with Gasteiger partial charge < -0.3 is 4.74 Å². The van der Waals surface area contributed by atoms with Crippen molar-refractivity contribution in [3.05, 3.63) is 29.3 Å². The summed E-state index contributed by atoms with van der Waals surface area (Å²) < 4.78 is 5.25. The maximum atomic E-state index is 5.25. The average Bonchev–Trinajstić information content (AvgIpc) is 2.01. The van der Waals surface area contributed by atoms with Crippen LogP contribution in [0.1, 0.15) is 24.0 Å². The molecule has 0 radical (unpaired) electrons. The minimum atomic E-state index is 0.696. The summed E-state index contributed by atoms with van der Waals surface area (Å²) in [6, 6.07) is 6.27. The second kappa shape index (κ2) is 2.26. The van der Waals surface area contributed by atoms with Crippen molar-refractivity contribution in [2.75, 3.05) is 7.11 Å². The molecule has 1 heteroatoms. The molecule has 1 atom stereocenters. The summed E-state index contributed by atoms with van der Waals surface area (Å²) >= 11 is 0. The predicted molar refractivity (Wildman–Crippen MR) is 45.1 cm³/mol. The van der Waals surface area contributed by atoms with Gasteiger partial charge in [0, 0.05) is 5.56 Å². The molecule has 1 nitrogen and oxygen atoms in total. The highest BCUT2D eigenvalue weighted by atomic mass is 16.5. The van der Waals surface area contributed by atoms with E-state index in [4.69, 9.17) is 4.74 Å². The van der Waals surface area contributed by atoms with Gasteiger partial charge in [-0.25, -0.2) is 0 Å². The van der Waals surface area contributed by atoms with Crippen LogP contribution < -0.4 is 4.74 Å². The first kappa shape index (κ1) is 6.71. The van der Waals surface area contributed by atoms with Gasteiger partial charge >= 0.3 is 0 Å². The molecule has 0 bridgehead atoms. The molecule has 0 fully saturated rings. The molecule has 0 aromatic heterocycles. The van der Waals surface area contributed by atoms with Gasteiger partial charge in [-0.2, -0.15) is 0 Å². The van der Waals surface area contributed by atoms with Crippen LogP contribution in [-0.4, -0.2) is 7.11 Å². The van der Waals surface area contributed by atoms with E-state index in [1.165, 1.54) is 17.5 Å². The van der Waals surface area contributed by atoms with Crippen LogP contribution in [0, 0.1) is 0 Å². The van der Waals surface area contributed by atoms with Crippen molar-refractivity contribution < 1.29 is 4.74 Å². The summed E-state index contributed by atoms with van der Waals surface area (Å²) in [4.78, 5) is 0. The number of hydrogen-bond acceptors (Lipinski definition) is 1. The van der Waals surface area contributed by atoms with E-state index in [1.807, 2.05) is 6.07 Å². The monoisotopic (exact) mass is 148 g/mol. The fraction of sp³-hybridized carbons (Fsp3) is 0.400. The molecule has 11 heavy (non-hydrogen) atoms. The van der Waals surface area contributed by atoms with Crippen LogP contribution in [0.3, 0.4) is 0 Å². The van der Waals surface area contributed by atoms with Crippen LogP contribution in [0.15, 0.2) is 18.2 Å². The molecular weight excluding hydrogens is 136 g/mol. The van der Waals surface area contributed by atoms with Crippen LogP contribution >= 0.6 is 0 Å². The Hall–Kier alpha value is -0.980. The van der Waals surface area contributed by atoms with Gasteiger partial charge in [-0.3, -0.25) is 0 Å². The smallest absolute Gasteiger partial charge is 0.122 e. The van der Waals surface area contributed by atoms with Crippen molar-refractivity contribution >= 4 is 0 Å². The highest BCUT2D eigenvalue weighted by Crippen LogP contribution is 2.40. The molecular formula is C10H12O. The van der Waals surface area contributed by atoms with Gasteiger partial charge in [-0.15, -0.1) is 0 Å². The van der Waals surface area contributed by atoms with Crippen LogP contribution in [-0.2, 0) is 6.42 Å². The van der Waals surface area contributed by atoms with Crippen LogP contribution in [0.25, 0.3) is 0 Å². The molecule has 1 aliphatic rings. The van der Waals surface area contributed by atoms with Gasteiger partial charge in [0.2, 0.25) is 0 Å². The number of methoxy groups -OCH3 is 1. The second-order valence-corrected chi connectivity index (χ2v) is 3.14. The Kier molecular flexibility index (Phi) is 1.38. The summed E-state index contributed by atoms with van der Waals surface area (Å²) in [6.07, 6.45) is 1.21. The molecule has 0 spiro atoms. The summed E-state index contributed by atoms with van der Waals surface area (Å²) in [5.74, 6) is 1.75. The van der Waals surface area contributed by atoms with Crippen molar-refractivity contribution in [3.8, 4) is 5.75 Å². The molecule has 1 aromatic carbocycles. The molecule has 2 rings (SSSR count). The molecule has 0 aliphatic heterocycles. The highest BCUT2D eigenvalue weighted by Gasteiger charge is 2.24. The standard InChI is InChI=1S/C10H12O/c1-7-6-8-4-3-5-9(11-2)10(7)8/h3-5,7H,6H2,1-2H3. The first-order valence-corrected chi connectivity index (χ1v) is 3.98. The van der Waals surface area contributed by atoms with E-state index in [-0.39, 0.29) is 0 Å². The lowest BCUT2D eigenvalue weighted by Crippen LogP contribution is -2.14. The molecule has 0 heterocycles. The van der Waals surface area contributed by atoms with Crippen LogP contribution in [0.4, 0.5) is 0 Å². The number of fused-ring (bicyclic) bond motifs is 1. The number of rotatable bonds is 1. The summed E-state index contributed by atoms with van der Waals surface area (Å²) in [5, 5.41) is 0. The van der Waals surface area contributed by atoms with Gasteiger partial charge in [0.1, 0.15) is 5.75 Å². The van der Waals surface area contributed by atoms with Gasteiger partial charge in [0.15, 0.2) is 0 Å². The normalized spacial score (nSPS) is 20.4. The number of hydrogen-bond donors (Lipinski definition) is 0. The van der Waals surface area contributed by atoms with Gasteiger partial charge in [-0.05, 0) is 24.0 Å². The van der Waals surface area contributed by atoms with Crippen LogP contribution in [0.5, 0.6) is 5.75 Å². The topological polar surface area (TPSA) is 9.23 Å². The predicted octanol–water partition coefficient (Wildman–Crippen LogP) is 2.35. The van der Waals surface area contributed by atoms with Gasteiger partial charge in [0.25, 0.3) is 0 Å². The first-order valence-electron chi connectivity index (χ1n) is 3.98. The molecule has 0 saturated carbocycles. The lowest BCUT2D eigenvalue weighted by molar-refractivity contribution is 0.399. The number of benzene rings is 1. The van der Waals surface area contributed by atoms with Crippen molar-refractivity contribution in [3.63, 3.8) is 0 Å². The molecule has 0 amide bonds. The van der Waals surface area contributed by atoms with Crippen molar-refractivity contribution in [1.82, 2.24) is 0 Å². The molecule has 1 aliphatic carbocycles. The highest BCUT2D eigenvalue weighted by molar-refractivity contribution is 5.49. The third-order valence-corrected chi connectivity index (χ3v) is 2.40. The maximum Gasteiger partial charge on any atom is 0.122 e. The minimum Gasteiger partial charge on any atom is -0.496 e. The van der Waals surface area contributed by atoms with Gasteiger partial charge in [0.05, 0.1) is 7.11 Å². The SMILES string of the molecule is COc1cccc2c1C(C)C2. The summed E-state index contributed by atoms with van der Waals surface area (Å²) in [6.45, 7) is 2.24. The number of ether oxygens (including phenoxy) is 1. The molecule has 0 N–H and O–H groups in total. The lowest BCUT2D eigenvalue weighted by atomic mass is 9.78. The fourth-order valence-corrected chi connectivity index (χ4v) is 1.81. The lowest BCUT2D eigenvalue weighted by Gasteiger charge is -2.28. The van der Waals surface area contributed by atoms with Crippen molar-refractivity contribution in [2.24, 2.45) is 0 Å². The van der Waals surface area contributed by atoms with Gasteiger partial charge in [-0.1, -0.05) is 19.1 Å². The van der Waals surface area contributed by atoms with Crippen LogP contribution in [0.2, 0.25) is 0 Å². The molecule has 0 saturated heterocycles. The first-order chi connectivity index (χ1) is 5.33. The quantitative estimate of drug-likeness (QED) is 0.594. The maximum absolute atomic E-state index is 5.25. The average molecular weight is 148 g/mol. The van der Waals surface area contributed by atoms with E-state index in [0.29, 0.717) is 5.92 Å². The third kappa shape index (κ3) is 0.839. The van der Waals surface area contributed by atoms with Crippen molar-refractivity contribution in [2.45, 2.75) is 19.3 Å².